The second-order valence-corrected chi connectivity index (χ2v) is 5.56. The highest BCUT2D eigenvalue weighted by Crippen LogP contribution is 2.41. The minimum absolute atomic E-state index is 0.274. The number of aliphatic imine (C=N–C) groups is 1. The number of aromatic amines is 1. The summed E-state index contributed by atoms with van der Waals surface area (Å²) in [5.41, 5.74) is -1.53. The van der Waals surface area contributed by atoms with Gasteiger partial charge in [0.2, 0.25) is 5.70 Å². The number of hydrogen-bond acceptors (Lipinski definition) is 2. The summed E-state index contributed by atoms with van der Waals surface area (Å²) in [6.45, 7) is 8.98. The summed E-state index contributed by atoms with van der Waals surface area (Å²) in [6, 6.07) is 4.60. The molecule has 1 aromatic heterocycles. The Balaban J connectivity index is 2.30. The predicted molar refractivity (Wildman–Crippen MR) is 88.5 cm³/mol. The van der Waals surface area contributed by atoms with Gasteiger partial charge in [0, 0.05) is 11.1 Å². The minimum atomic E-state index is -3.22. The monoisotopic (exact) mass is 360 g/mol. The molecule has 1 aromatic carbocycles. The van der Waals surface area contributed by atoms with E-state index < -0.39 is 41.4 Å². The summed E-state index contributed by atoms with van der Waals surface area (Å²) < 4.78 is 53.3. The summed E-state index contributed by atoms with van der Waals surface area (Å²) in [5.74, 6) is 0.292. The van der Waals surface area contributed by atoms with Crippen molar-refractivity contribution in [2.45, 2.75) is 25.7 Å². The molecular formula is C17H10F4N5-. The smallest absolute Gasteiger partial charge is 0.281 e. The second kappa shape index (κ2) is 6.58. The van der Waals surface area contributed by atoms with Gasteiger partial charge in [-0.25, -0.2) is 22.4 Å². The molecule has 26 heavy (non-hydrogen) atoms. The zero-order chi connectivity index (χ0) is 19.0. The molecule has 132 valence electrons. The first-order valence-corrected chi connectivity index (χ1v) is 7.37. The predicted octanol–water partition coefficient (Wildman–Crippen LogP) is 4.24. The molecule has 2 aromatic rings. The first kappa shape index (κ1) is 17.6. The fourth-order valence-corrected chi connectivity index (χ4v) is 2.91. The van der Waals surface area contributed by atoms with Crippen LogP contribution < -0.4 is 0 Å². The van der Waals surface area contributed by atoms with Crippen LogP contribution in [-0.4, -0.2) is 34.6 Å². The Labute approximate surface area is 145 Å². The van der Waals surface area contributed by atoms with Gasteiger partial charge in [0.05, 0.1) is 18.0 Å². The van der Waals surface area contributed by atoms with Gasteiger partial charge >= 0.3 is 0 Å². The molecule has 0 amide bonds. The van der Waals surface area contributed by atoms with Crippen molar-refractivity contribution in [1.82, 2.24) is 10.2 Å². The lowest BCUT2D eigenvalue weighted by atomic mass is 9.83. The maximum atomic E-state index is 13.3. The van der Waals surface area contributed by atoms with Crippen LogP contribution in [0.2, 0.25) is 0 Å². The molecule has 0 spiro atoms. The van der Waals surface area contributed by atoms with Crippen LogP contribution in [0, 0.1) is 13.5 Å². The topological polar surface area (TPSA) is 67.7 Å². The summed E-state index contributed by atoms with van der Waals surface area (Å²) in [7, 11) is 0. The molecule has 0 radical (unpaired) electrons. The van der Waals surface area contributed by atoms with Crippen LogP contribution >= 0.6 is 0 Å². The van der Waals surface area contributed by atoms with Crippen molar-refractivity contribution < 1.29 is 17.6 Å². The number of aryl methyl sites for hydroxylation is 1. The Morgan fingerprint density at radius 2 is 2.00 bits per heavy atom. The first-order valence-electron chi connectivity index (χ1n) is 7.37. The number of H-pyrrole nitrogens is 1. The van der Waals surface area contributed by atoms with E-state index in [0.29, 0.717) is 16.6 Å². The molecule has 3 rings (SSSR count). The molecule has 1 aliphatic rings. The zero-order valence-corrected chi connectivity index (χ0v) is 13.3. The number of halogens is 4. The maximum Gasteiger partial charge on any atom is 0.281 e. The Morgan fingerprint density at radius 1 is 1.27 bits per heavy atom. The Bertz CT molecular complexity index is 1040. The number of nitrogens with zero attached hydrogens (tertiary/aromatic N) is 4. The van der Waals surface area contributed by atoms with Gasteiger partial charge in [0.15, 0.2) is 0 Å². The van der Waals surface area contributed by atoms with Gasteiger partial charge in [0.25, 0.3) is 12.9 Å². The van der Waals surface area contributed by atoms with Crippen molar-refractivity contribution in [1.29, 1.82) is 0 Å². The lowest BCUT2D eigenvalue weighted by Gasteiger charge is -2.26. The Kier molecular flexibility index (Phi) is 4.45. The zero-order valence-electron chi connectivity index (χ0n) is 13.3. The van der Waals surface area contributed by atoms with E-state index in [-0.39, 0.29) is 5.56 Å². The summed E-state index contributed by atoms with van der Waals surface area (Å²) in [5, 5.41) is 16.8. The number of nitrogens with one attached hydrogen (secondary N) is 1. The van der Waals surface area contributed by atoms with E-state index in [1.807, 2.05) is 0 Å². The standard InChI is InChI=1S/C17H10F4N5/c1-7-9-5-8(3-4-11(9)26-25-7)12-10(6-22)13(16(18)19)24-15(17(20)21)14(12)23-2/h3-5,12,16-17H,1H3,(H,25,26)/q-1. The van der Waals surface area contributed by atoms with Crippen LogP contribution in [0.4, 0.5) is 17.6 Å². The number of benzene rings is 1. The third-order valence-corrected chi connectivity index (χ3v) is 4.10. The number of allylic oxidation sites excluding steroid dienone is 2. The molecule has 0 saturated heterocycles. The van der Waals surface area contributed by atoms with Crippen LogP contribution in [0.3, 0.4) is 0 Å². The molecule has 0 aliphatic carbocycles. The average molecular weight is 360 g/mol. The van der Waals surface area contributed by atoms with Crippen LogP contribution in [0.25, 0.3) is 21.2 Å². The third-order valence-electron chi connectivity index (χ3n) is 4.10. The van der Waals surface area contributed by atoms with Crippen molar-refractivity contribution in [2.75, 3.05) is 0 Å². The number of hydrogen-bond donors (Lipinski definition) is 1. The van der Waals surface area contributed by atoms with E-state index in [4.69, 9.17) is 6.57 Å². The molecule has 5 nitrogen and oxygen atoms in total. The van der Waals surface area contributed by atoms with Crippen molar-refractivity contribution in [3.63, 3.8) is 0 Å². The van der Waals surface area contributed by atoms with Gasteiger partial charge in [-0.15, -0.1) is 0 Å². The largest absolute Gasteiger partial charge is 0.763 e. The summed E-state index contributed by atoms with van der Waals surface area (Å²) in [6.07, 6.45) is -6.43. The van der Waals surface area contributed by atoms with Crippen LogP contribution in [0.1, 0.15) is 17.2 Å². The molecule has 1 unspecified atom stereocenters. The van der Waals surface area contributed by atoms with Gasteiger partial charge < -0.3 is 5.41 Å². The highest BCUT2D eigenvalue weighted by Gasteiger charge is 2.37. The summed E-state index contributed by atoms with van der Waals surface area (Å²) in [4.78, 5) is 6.33. The molecule has 0 bridgehead atoms. The van der Waals surface area contributed by atoms with Gasteiger partial charge in [-0.05, 0) is 30.2 Å². The SMILES string of the molecule is [C-]#[N+]C1=C(C(F)F)N=C(C(F)F)C(=C=[N-])C1c1ccc2n[nH]c(C)c2c1. The van der Waals surface area contributed by atoms with E-state index in [1.54, 1.807) is 24.9 Å². The maximum absolute atomic E-state index is 13.3. The fourth-order valence-electron chi connectivity index (χ4n) is 2.91. The average Bonchev–Trinajstić information content (AvgIpc) is 2.99. The molecular weight excluding hydrogens is 350 g/mol. The van der Waals surface area contributed by atoms with Crippen LogP contribution in [-0.2, 0) is 0 Å². The van der Waals surface area contributed by atoms with Gasteiger partial charge in [0.1, 0.15) is 11.4 Å². The van der Waals surface area contributed by atoms with Crippen molar-refractivity contribution in [3.05, 3.63) is 63.3 Å². The molecule has 1 N–H and O–H groups in total. The number of alkyl halides is 4. The highest BCUT2D eigenvalue weighted by molar-refractivity contribution is 6.12. The molecule has 1 atom stereocenters. The number of rotatable bonds is 3. The summed E-state index contributed by atoms with van der Waals surface area (Å²) >= 11 is 0. The van der Waals surface area contributed by atoms with E-state index in [0.717, 1.165) is 0 Å². The second-order valence-electron chi connectivity index (χ2n) is 5.56. The quantitative estimate of drug-likeness (QED) is 0.497. The first-order chi connectivity index (χ1) is 12.4. The lowest BCUT2D eigenvalue weighted by Crippen LogP contribution is -2.26. The molecule has 0 fully saturated rings. The molecule has 1 aliphatic heterocycles. The van der Waals surface area contributed by atoms with Crippen molar-refractivity contribution in [2.24, 2.45) is 4.99 Å². The molecule has 0 saturated carbocycles. The lowest BCUT2D eigenvalue weighted by molar-refractivity contribution is 0.184. The Morgan fingerprint density at radius 3 is 2.58 bits per heavy atom. The van der Waals surface area contributed by atoms with E-state index >= 15 is 0 Å². The van der Waals surface area contributed by atoms with E-state index in [2.05, 4.69) is 20.0 Å². The molecule has 9 heteroatoms. The fraction of sp³-hybridized carbons (Fsp3) is 0.235. The van der Waals surface area contributed by atoms with Crippen molar-refractivity contribution in [3.8, 4) is 0 Å². The van der Waals surface area contributed by atoms with Gasteiger partial charge in [-0.1, -0.05) is 6.07 Å². The third kappa shape index (κ3) is 2.70. The molecule has 2 heterocycles. The number of aromatic nitrogens is 2. The van der Waals surface area contributed by atoms with E-state index in [9.17, 15) is 23.0 Å². The van der Waals surface area contributed by atoms with Gasteiger partial charge in [-0.2, -0.15) is 5.10 Å². The minimum Gasteiger partial charge on any atom is -0.763 e. The van der Waals surface area contributed by atoms with Crippen LogP contribution in [0.5, 0.6) is 0 Å². The van der Waals surface area contributed by atoms with Gasteiger partial charge in [-0.3, -0.25) is 16.0 Å². The van der Waals surface area contributed by atoms with Crippen molar-refractivity contribution >= 4 is 22.5 Å². The normalized spacial score (nSPS) is 17.7. The highest BCUT2D eigenvalue weighted by atomic mass is 19.3. The van der Waals surface area contributed by atoms with E-state index in [1.165, 1.54) is 6.07 Å². The Hall–Kier alpha value is -3.24. The number of fused-ring (bicyclic) bond motifs is 1. The van der Waals surface area contributed by atoms with Crippen LogP contribution in [0.15, 0.2) is 40.2 Å².